The summed E-state index contributed by atoms with van der Waals surface area (Å²) < 4.78 is 11.2. The van der Waals surface area contributed by atoms with E-state index in [-0.39, 0.29) is 0 Å². The number of rotatable bonds is 4. The molecule has 5 nitrogen and oxygen atoms in total. The molecule has 0 fully saturated rings. The van der Waals surface area contributed by atoms with Crippen LogP contribution in [0.15, 0.2) is 223 Å². The van der Waals surface area contributed by atoms with E-state index >= 15 is 0 Å². The third kappa shape index (κ3) is 5.31. The van der Waals surface area contributed by atoms with Crippen LogP contribution in [0.5, 0.6) is 0 Å². The lowest BCUT2D eigenvalue weighted by Gasteiger charge is -2.14. The van der Waals surface area contributed by atoms with Crippen molar-refractivity contribution in [3.8, 4) is 33.9 Å². The Labute approximate surface area is 383 Å². The molecule has 15 aromatic rings. The Morgan fingerprint density at radius 3 is 1.81 bits per heavy atom. The van der Waals surface area contributed by atoms with Crippen molar-refractivity contribution in [2.75, 3.05) is 0 Å². The highest BCUT2D eigenvalue weighted by atomic mass is 16.3. The Morgan fingerprint density at radius 2 is 0.925 bits per heavy atom. The molecule has 0 N–H and O–H groups in total. The second-order valence-electron chi connectivity index (χ2n) is 17.7. The molecule has 0 amide bonds. The molecule has 4 heterocycles. The highest BCUT2D eigenvalue weighted by Gasteiger charge is 2.21. The zero-order valence-electron chi connectivity index (χ0n) is 36.0. The normalized spacial score (nSPS) is 12.2. The molecule has 0 saturated carbocycles. The van der Waals surface area contributed by atoms with E-state index in [2.05, 4.69) is 179 Å². The lowest BCUT2D eigenvalue weighted by Crippen LogP contribution is -1.97. The molecule has 0 atom stereocenters. The van der Waals surface area contributed by atoms with E-state index in [1.54, 1.807) is 0 Å². The molecule has 0 unspecified atom stereocenters. The van der Waals surface area contributed by atoms with Crippen molar-refractivity contribution in [1.29, 1.82) is 0 Å². The second-order valence-corrected chi connectivity index (χ2v) is 17.7. The predicted molar refractivity (Wildman–Crippen MR) is 279 cm³/mol. The van der Waals surface area contributed by atoms with Crippen LogP contribution < -0.4 is 0 Å². The number of hydrogen-bond acceptors (Lipinski definition) is 3. The average molecular weight is 853 g/mol. The van der Waals surface area contributed by atoms with Gasteiger partial charge in [-0.15, -0.1) is 0 Å². The van der Waals surface area contributed by atoms with Gasteiger partial charge in [0.1, 0.15) is 11.2 Å². The predicted octanol–water partition coefficient (Wildman–Crippen LogP) is 16.5. The maximum atomic E-state index is 6.34. The van der Waals surface area contributed by atoms with Crippen LogP contribution in [0.1, 0.15) is 0 Å². The van der Waals surface area contributed by atoms with E-state index in [0.29, 0.717) is 0 Å². The maximum absolute atomic E-state index is 6.34. The Balaban J connectivity index is 0.936. The van der Waals surface area contributed by atoms with Crippen LogP contribution in [0.4, 0.5) is 0 Å². The van der Waals surface area contributed by atoms with Crippen molar-refractivity contribution in [3.05, 3.63) is 218 Å². The van der Waals surface area contributed by atoms with Crippen LogP contribution in [0.25, 0.3) is 143 Å². The molecular formula is C62H36N4O. The van der Waals surface area contributed by atoms with E-state index in [4.69, 9.17) is 14.4 Å². The summed E-state index contributed by atoms with van der Waals surface area (Å²) in [6.45, 7) is 0. The van der Waals surface area contributed by atoms with E-state index in [1.807, 2.05) is 48.5 Å². The fourth-order valence-electron chi connectivity index (χ4n) is 11.0. The Bertz CT molecular complexity index is 4590. The highest BCUT2D eigenvalue weighted by molar-refractivity contribution is 6.22. The van der Waals surface area contributed by atoms with Gasteiger partial charge < -0.3 is 13.6 Å². The van der Waals surface area contributed by atoms with Gasteiger partial charge in [-0.3, -0.25) is 0 Å². The molecule has 15 rings (SSSR count). The molecule has 11 aromatic carbocycles. The molecule has 5 heteroatoms. The first kappa shape index (κ1) is 36.3. The zero-order chi connectivity index (χ0) is 43.7. The summed E-state index contributed by atoms with van der Waals surface area (Å²) in [5, 5.41) is 14.3. The van der Waals surface area contributed by atoms with Crippen LogP contribution in [0.3, 0.4) is 0 Å². The molecule has 310 valence electrons. The average Bonchev–Trinajstić information content (AvgIpc) is 4.04. The molecule has 0 aliphatic carbocycles. The lowest BCUT2D eigenvalue weighted by molar-refractivity contribution is 0.669. The Kier molecular flexibility index (Phi) is 7.44. The van der Waals surface area contributed by atoms with Gasteiger partial charge in [0, 0.05) is 54.8 Å². The van der Waals surface area contributed by atoms with Crippen LogP contribution in [-0.2, 0) is 0 Å². The van der Waals surface area contributed by atoms with Gasteiger partial charge in [-0.2, -0.15) is 0 Å². The van der Waals surface area contributed by atoms with E-state index in [1.165, 1.54) is 59.6 Å². The van der Waals surface area contributed by atoms with E-state index in [9.17, 15) is 0 Å². The first-order chi connectivity index (χ1) is 33.2. The maximum Gasteiger partial charge on any atom is 0.136 e. The van der Waals surface area contributed by atoms with Crippen molar-refractivity contribution in [1.82, 2.24) is 19.1 Å². The molecule has 0 bridgehead atoms. The zero-order valence-corrected chi connectivity index (χ0v) is 36.0. The molecule has 0 saturated heterocycles. The third-order valence-electron chi connectivity index (χ3n) is 14.0. The second kappa shape index (κ2) is 13.7. The van der Waals surface area contributed by atoms with Gasteiger partial charge in [0.2, 0.25) is 0 Å². The number of aromatic nitrogens is 4. The minimum Gasteiger partial charge on any atom is -0.456 e. The van der Waals surface area contributed by atoms with Gasteiger partial charge in [-0.1, -0.05) is 140 Å². The fraction of sp³-hybridized carbons (Fsp3) is 0. The Morgan fingerprint density at radius 1 is 0.313 bits per heavy atom. The number of para-hydroxylation sites is 4. The van der Waals surface area contributed by atoms with Crippen molar-refractivity contribution >= 4 is 109 Å². The summed E-state index contributed by atoms with van der Waals surface area (Å²) in [6, 6.07) is 78.6. The quantitative estimate of drug-likeness (QED) is 0.177. The van der Waals surface area contributed by atoms with Crippen molar-refractivity contribution < 1.29 is 4.42 Å². The van der Waals surface area contributed by atoms with Crippen LogP contribution >= 0.6 is 0 Å². The summed E-state index contributed by atoms with van der Waals surface area (Å²) in [7, 11) is 0. The largest absolute Gasteiger partial charge is 0.456 e. The summed E-state index contributed by atoms with van der Waals surface area (Å²) in [6.07, 6.45) is 0. The molecule has 0 aliphatic rings. The molecule has 0 spiro atoms. The van der Waals surface area contributed by atoms with E-state index in [0.717, 1.165) is 83.2 Å². The van der Waals surface area contributed by atoms with Gasteiger partial charge in [0.05, 0.1) is 44.5 Å². The van der Waals surface area contributed by atoms with Crippen molar-refractivity contribution in [3.63, 3.8) is 0 Å². The minimum absolute atomic E-state index is 0.830. The smallest absolute Gasteiger partial charge is 0.136 e. The van der Waals surface area contributed by atoms with Crippen molar-refractivity contribution in [2.24, 2.45) is 0 Å². The SMILES string of the molecule is c1ccc2cc3c(cc2c1)c1ccc(-n2c4ccccc4c4c5ccccc5ccc42)cc1n3-c1ccc2cc(-c3nc4ccccc4nc3-c3cccc4oc5ccccc5c34)ccc2c1. The van der Waals surface area contributed by atoms with Gasteiger partial charge in [-0.05, 0) is 111 Å². The first-order valence-electron chi connectivity index (χ1n) is 22.8. The number of fused-ring (bicyclic) bond motifs is 14. The molecule has 0 aliphatic heterocycles. The lowest BCUT2D eigenvalue weighted by atomic mass is 9.97. The highest BCUT2D eigenvalue weighted by Crippen LogP contribution is 2.43. The van der Waals surface area contributed by atoms with E-state index < -0.39 is 0 Å². The third-order valence-corrected chi connectivity index (χ3v) is 14.0. The topological polar surface area (TPSA) is 48.8 Å². The van der Waals surface area contributed by atoms with Crippen LogP contribution in [0, 0.1) is 0 Å². The Hall–Kier alpha value is -9.06. The monoisotopic (exact) mass is 852 g/mol. The van der Waals surface area contributed by atoms with Gasteiger partial charge >= 0.3 is 0 Å². The number of hydrogen-bond donors (Lipinski definition) is 0. The summed E-state index contributed by atoms with van der Waals surface area (Å²) in [5.74, 6) is 0. The van der Waals surface area contributed by atoms with Crippen LogP contribution in [-0.4, -0.2) is 19.1 Å². The number of furan rings is 1. The van der Waals surface area contributed by atoms with Gasteiger partial charge in [0.15, 0.2) is 0 Å². The first-order valence-corrected chi connectivity index (χ1v) is 22.8. The molecule has 67 heavy (non-hydrogen) atoms. The number of nitrogens with zero attached hydrogens (tertiary/aromatic N) is 4. The van der Waals surface area contributed by atoms with Gasteiger partial charge in [0.25, 0.3) is 0 Å². The summed E-state index contributed by atoms with van der Waals surface area (Å²) >= 11 is 0. The number of benzene rings is 11. The standard InChI is InChI=1S/C62H36N4O/c1-2-14-39-35-55-50(34-38(39)13-1)46-30-29-44(65-53-21-9-5-16-47(53)59-45-15-4-3-12-37(45)27-31-54(59)65)36-56(46)66(55)43-28-26-40-32-42(25-24-41(40)33-43)61-62(64-52-20-8-7-19-51(52)63-61)49-18-11-23-58-60(49)48-17-6-10-22-57(48)67-58/h1-36H. The van der Waals surface area contributed by atoms with Crippen molar-refractivity contribution in [2.45, 2.75) is 0 Å². The fourth-order valence-corrected chi connectivity index (χ4v) is 11.0. The van der Waals surface area contributed by atoms with Crippen LogP contribution in [0.2, 0.25) is 0 Å². The summed E-state index contributed by atoms with van der Waals surface area (Å²) in [5.41, 5.74) is 14.0. The summed E-state index contributed by atoms with van der Waals surface area (Å²) in [4.78, 5) is 10.7. The van der Waals surface area contributed by atoms with Gasteiger partial charge in [-0.25, -0.2) is 9.97 Å². The molecule has 4 aromatic heterocycles. The molecule has 0 radical (unpaired) electrons. The minimum atomic E-state index is 0.830. The molecular weight excluding hydrogens is 817 g/mol.